The third-order valence-corrected chi connectivity index (χ3v) is 4.76. The predicted octanol–water partition coefficient (Wildman–Crippen LogP) is 1.44. The number of anilines is 1. The lowest BCUT2D eigenvalue weighted by Crippen LogP contribution is -2.56. The highest BCUT2D eigenvalue weighted by atomic mass is 19.4. The molecule has 7 nitrogen and oxygen atoms in total. The van der Waals surface area contributed by atoms with Gasteiger partial charge in [0, 0.05) is 31.4 Å². The third kappa shape index (κ3) is 4.92. The Kier molecular flexibility index (Phi) is 6.41. The molecule has 1 aromatic heterocycles. The van der Waals surface area contributed by atoms with E-state index >= 15 is 0 Å². The number of halogens is 3. The standard InChI is InChI=1S/C18H24F3N3O4/c1-12(25)9-27-5-2-16(26)23-3-4-24-15(8-23)11-28-10-13-6-14(18(19,20)21)7-22-17(13)24/h6-7,12,15,25H,2-5,8-11H2,1H3/t12-,15+/m0/s1. The molecule has 0 spiro atoms. The Bertz CT molecular complexity index is 699. The summed E-state index contributed by atoms with van der Waals surface area (Å²) < 4.78 is 49.6. The molecule has 0 radical (unpaired) electrons. The average molecular weight is 403 g/mol. The Balaban J connectivity index is 1.63. The van der Waals surface area contributed by atoms with Crippen LogP contribution < -0.4 is 4.90 Å². The van der Waals surface area contributed by atoms with Gasteiger partial charge in [-0.3, -0.25) is 4.79 Å². The largest absolute Gasteiger partial charge is 0.417 e. The smallest absolute Gasteiger partial charge is 0.391 e. The molecule has 1 aromatic rings. The predicted molar refractivity (Wildman–Crippen MR) is 93.7 cm³/mol. The molecule has 10 heteroatoms. The number of carbonyl (C=O) groups excluding carboxylic acids is 1. The number of aromatic nitrogens is 1. The van der Waals surface area contributed by atoms with Crippen molar-refractivity contribution in [2.24, 2.45) is 0 Å². The second-order valence-electron chi connectivity index (χ2n) is 7.08. The summed E-state index contributed by atoms with van der Waals surface area (Å²) >= 11 is 0. The van der Waals surface area contributed by atoms with Crippen LogP contribution in [0.2, 0.25) is 0 Å². The molecule has 3 rings (SSSR count). The van der Waals surface area contributed by atoms with Crippen LogP contribution in [0.5, 0.6) is 0 Å². The third-order valence-electron chi connectivity index (χ3n) is 4.76. The van der Waals surface area contributed by atoms with Crippen LogP contribution in [0.15, 0.2) is 12.3 Å². The Morgan fingerprint density at radius 3 is 2.96 bits per heavy atom. The van der Waals surface area contributed by atoms with Gasteiger partial charge in [-0.15, -0.1) is 0 Å². The number of pyridine rings is 1. The van der Waals surface area contributed by atoms with Crippen LogP contribution in [0.3, 0.4) is 0 Å². The molecule has 0 aliphatic carbocycles. The van der Waals surface area contributed by atoms with E-state index in [2.05, 4.69) is 4.98 Å². The number of piperazine rings is 1. The molecular weight excluding hydrogens is 379 g/mol. The molecule has 1 N–H and O–H groups in total. The van der Waals surface area contributed by atoms with E-state index in [1.807, 2.05) is 4.90 Å². The first-order valence-corrected chi connectivity index (χ1v) is 9.20. The Hall–Kier alpha value is -1.91. The highest BCUT2D eigenvalue weighted by Gasteiger charge is 2.36. The van der Waals surface area contributed by atoms with E-state index in [-0.39, 0.29) is 38.2 Å². The van der Waals surface area contributed by atoms with Crippen LogP contribution in [0.25, 0.3) is 0 Å². The lowest BCUT2D eigenvalue weighted by Gasteiger charge is -2.41. The summed E-state index contributed by atoms with van der Waals surface area (Å²) in [6, 6.07) is 0.920. The van der Waals surface area contributed by atoms with Crippen LogP contribution in [0.1, 0.15) is 24.5 Å². The SMILES string of the molecule is C[C@H](O)COCCC(=O)N1CCN2c3ncc(C(F)(F)F)cc3COC[C@H]2C1. The molecule has 1 saturated heterocycles. The molecule has 2 aliphatic heterocycles. The molecule has 0 aromatic carbocycles. The van der Waals surface area contributed by atoms with Gasteiger partial charge in [-0.05, 0) is 13.0 Å². The summed E-state index contributed by atoms with van der Waals surface area (Å²) in [5.74, 6) is 0.429. The summed E-state index contributed by atoms with van der Waals surface area (Å²) in [4.78, 5) is 20.1. The zero-order chi connectivity index (χ0) is 20.3. The highest BCUT2D eigenvalue weighted by molar-refractivity contribution is 5.76. The minimum absolute atomic E-state index is 0.0559. The molecule has 28 heavy (non-hydrogen) atoms. The van der Waals surface area contributed by atoms with E-state index in [1.165, 1.54) is 0 Å². The average Bonchev–Trinajstić information content (AvgIpc) is 2.82. The first-order valence-electron chi connectivity index (χ1n) is 9.20. The summed E-state index contributed by atoms with van der Waals surface area (Å²) in [6.45, 7) is 3.72. The first-order chi connectivity index (χ1) is 13.3. The minimum atomic E-state index is -4.45. The van der Waals surface area contributed by atoms with Gasteiger partial charge in [-0.25, -0.2) is 4.98 Å². The maximum absolute atomic E-state index is 12.9. The molecule has 2 aliphatic rings. The van der Waals surface area contributed by atoms with Crippen molar-refractivity contribution >= 4 is 11.7 Å². The molecule has 0 saturated carbocycles. The molecule has 156 valence electrons. The van der Waals surface area contributed by atoms with Gasteiger partial charge in [0.15, 0.2) is 0 Å². The second kappa shape index (κ2) is 8.62. The minimum Gasteiger partial charge on any atom is -0.391 e. The van der Waals surface area contributed by atoms with E-state index in [9.17, 15) is 18.0 Å². The number of nitrogens with zero attached hydrogens (tertiary/aromatic N) is 3. The lowest BCUT2D eigenvalue weighted by molar-refractivity contribution is -0.138. The zero-order valence-electron chi connectivity index (χ0n) is 15.6. The molecule has 0 unspecified atom stereocenters. The number of aliphatic hydroxyl groups is 1. The monoisotopic (exact) mass is 403 g/mol. The van der Waals surface area contributed by atoms with Gasteiger partial charge in [0.2, 0.25) is 5.91 Å². The van der Waals surface area contributed by atoms with E-state index < -0.39 is 17.8 Å². The Morgan fingerprint density at radius 2 is 2.25 bits per heavy atom. The van der Waals surface area contributed by atoms with Crippen LogP contribution in [-0.2, 0) is 27.1 Å². The molecule has 1 amide bonds. The van der Waals surface area contributed by atoms with Crippen molar-refractivity contribution in [2.75, 3.05) is 44.4 Å². The topological polar surface area (TPSA) is 75.1 Å². The van der Waals surface area contributed by atoms with Gasteiger partial charge in [0.25, 0.3) is 0 Å². The van der Waals surface area contributed by atoms with Gasteiger partial charge in [-0.2, -0.15) is 13.2 Å². The Labute approximate surface area is 161 Å². The summed E-state index contributed by atoms with van der Waals surface area (Å²) in [6.07, 6.45) is -3.97. The zero-order valence-corrected chi connectivity index (χ0v) is 15.6. The van der Waals surface area contributed by atoms with E-state index in [0.29, 0.717) is 37.6 Å². The second-order valence-corrected chi connectivity index (χ2v) is 7.08. The maximum atomic E-state index is 12.9. The fourth-order valence-electron chi connectivity index (χ4n) is 3.40. The number of rotatable bonds is 5. The summed E-state index contributed by atoms with van der Waals surface area (Å²) in [5.41, 5.74) is -0.386. The number of alkyl halides is 3. The lowest BCUT2D eigenvalue weighted by atomic mass is 10.1. The maximum Gasteiger partial charge on any atom is 0.417 e. The summed E-state index contributed by atoms with van der Waals surface area (Å²) in [7, 11) is 0. The normalized spacial score (nSPS) is 21.0. The number of hydrogen-bond donors (Lipinski definition) is 1. The van der Waals surface area contributed by atoms with Crippen LogP contribution >= 0.6 is 0 Å². The van der Waals surface area contributed by atoms with Crippen molar-refractivity contribution < 1.29 is 32.5 Å². The van der Waals surface area contributed by atoms with Crippen molar-refractivity contribution in [3.05, 3.63) is 23.4 Å². The Morgan fingerprint density at radius 1 is 1.46 bits per heavy atom. The molecule has 1 fully saturated rings. The number of ether oxygens (including phenoxy) is 2. The van der Waals surface area contributed by atoms with Gasteiger partial charge in [0.05, 0.1) is 50.6 Å². The number of hydrogen-bond acceptors (Lipinski definition) is 6. The first kappa shape index (κ1) is 20.8. The highest BCUT2D eigenvalue weighted by Crippen LogP contribution is 2.34. The fraction of sp³-hybridized carbons (Fsp3) is 0.667. The van der Waals surface area contributed by atoms with Gasteiger partial charge >= 0.3 is 6.18 Å². The van der Waals surface area contributed by atoms with E-state index in [0.717, 1.165) is 12.3 Å². The molecule has 0 bridgehead atoms. The number of fused-ring (bicyclic) bond motifs is 3. The van der Waals surface area contributed by atoms with E-state index in [1.54, 1.807) is 11.8 Å². The van der Waals surface area contributed by atoms with Crippen molar-refractivity contribution in [3.8, 4) is 0 Å². The van der Waals surface area contributed by atoms with Crippen molar-refractivity contribution in [3.63, 3.8) is 0 Å². The summed E-state index contributed by atoms with van der Waals surface area (Å²) in [5, 5.41) is 9.16. The quantitative estimate of drug-likeness (QED) is 0.750. The fourth-order valence-corrected chi connectivity index (χ4v) is 3.40. The number of carbonyl (C=O) groups is 1. The molecule has 3 heterocycles. The van der Waals surface area contributed by atoms with Crippen molar-refractivity contribution in [1.29, 1.82) is 0 Å². The molecular formula is C18H24F3N3O4. The van der Waals surface area contributed by atoms with E-state index in [4.69, 9.17) is 14.6 Å². The number of aliphatic hydroxyl groups excluding tert-OH is 1. The van der Waals surface area contributed by atoms with Crippen molar-refractivity contribution in [2.45, 2.75) is 38.3 Å². The van der Waals surface area contributed by atoms with Crippen LogP contribution in [0.4, 0.5) is 19.0 Å². The number of amides is 1. The van der Waals surface area contributed by atoms with Gasteiger partial charge in [-0.1, -0.05) is 0 Å². The van der Waals surface area contributed by atoms with Crippen LogP contribution in [-0.4, -0.2) is 72.5 Å². The van der Waals surface area contributed by atoms with Crippen molar-refractivity contribution in [1.82, 2.24) is 9.88 Å². The van der Waals surface area contributed by atoms with Gasteiger partial charge < -0.3 is 24.4 Å². The van der Waals surface area contributed by atoms with Crippen LogP contribution in [0, 0.1) is 0 Å². The van der Waals surface area contributed by atoms with Gasteiger partial charge in [0.1, 0.15) is 5.82 Å². The molecule has 2 atom stereocenters.